The zero-order valence-electron chi connectivity index (χ0n) is 11.8. The molecule has 0 radical (unpaired) electrons. The van der Waals surface area contributed by atoms with Gasteiger partial charge in [0.1, 0.15) is 0 Å². The van der Waals surface area contributed by atoms with Gasteiger partial charge in [-0.15, -0.1) is 0 Å². The summed E-state index contributed by atoms with van der Waals surface area (Å²) >= 11 is 0. The number of amides is 1. The summed E-state index contributed by atoms with van der Waals surface area (Å²) in [4.78, 5) is 14.6. The van der Waals surface area contributed by atoms with Crippen LogP contribution in [0.3, 0.4) is 0 Å². The lowest BCUT2D eigenvalue weighted by molar-refractivity contribution is -0.120. The molecule has 0 aromatic heterocycles. The van der Waals surface area contributed by atoms with Gasteiger partial charge in [0.15, 0.2) is 0 Å². The van der Waals surface area contributed by atoms with Crippen LogP contribution in [0.2, 0.25) is 0 Å². The van der Waals surface area contributed by atoms with Crippen LogP contribution in [0.25, 0.3) is 0 Å². The second-order valence-electron chi connectivity index (χ2n) is 5.33. The molecular formula is C16H24N2O. The molecule has 104 valence electrons. The van der Waals surface area contributed by atoms with Gasteiger partial charge in [0.05, 0.1) is 6.04 Å². The molecule has 1 saturated heterocycles. The van der Waals surface area contributed by atoms with E-state index in [0.717, 1.165) is 18.8 Å². The normalized spacial score (nSPS) is 19.2. The average molecular weight is 260 g/mol. The van der Waals surface area contributed by atoms with E-state index in [4.69, 9.17) is 0 Å². The van der Waals surface area contributed by atoms with E-state index in [-0.39, 0.29) is 11.9 Å². The zero-order valence-corrected chi connectivity index (χ0v) is 11.8. The molecule has 3 nitrogen and oxygen atoms in total. The van der Waals surface area contributed by atoms with Crippen molar-refractivity contribution in [2.75, 3.05) is 18.4 Å². The molecule has 0 saturated carbocycles. The van der Waals surface area contributed by atoms with Crippen molar-refractivity contribution in [3.05, 3.63) is 30.3 Å². The molecule has 0 aliphatic carbocycles. The van der Waals surface area contributed by atoms with Crippen LogP contribution >= 0.6 is 0 Å². The Morgan fingerprint density at radius 3 is 2.26 bits per heavy atom. The predicted octanol–water partition coefficient (Wildman–Crippen LogP) is 3.28. The molecule has 0 spiro atoms. The highest BCUT2D eigenvalue weighted by Crippen LogP contribution is 2.14. The summed E-state index contributed by atoms with van der Waals surface area (Å²) in [6.07, 6.45) is 6.36. The lowest BCUT2D eigenvalue weighted by atomic mass is 10.1. The van der Waals surface area contributed by atoms with Gasteiger partial charge in [0.25, 0.3) is 0 Å². The number of carbonyl (C=O) groups is 1. The lowest BCUT2D eigenvalue weighted by Gasteiger charge is -2.29. The van der Waals surface area contributed by atoms with Crippen LogP contribution < -0.4 is 5.32 Å². The van der Waals surface area contributed by atoms with E-state index in [2.05, 4.69) is 10.2 Å². The summed E-state index contributed by atoms with van der Waals surface area (Å²) < 4.78 is 0. The Morgan fingerprint density at radius 1 is 1.05 bits per heavy atom. The largest absolute Gasteiger partial charge is 0.325 e. The van der Waals surface area contributed by atoms with Crippen LogP contribution in [0.15, 0.2) is 30.3 Å². The van der Waals surface area contributed by atoms with Gasteiger partial charge in [-0.2, -0.15) is 0 Å². The molecule has 1 fully saturated rings. The summed E-state index contributed by atoms with van der Waals surface area (Å²) in [6, 6.07) is 9.65. The van der Waals surface area contributed by atoms with Crippen molar-refractivity contribution in [2.45, 2.75) is 45.1 Å². The van der Waals surface area contributed by atoms with Crippen LogP contribution in [0.5, 0.6) is 0 Å². The quantitative estimate of drug-likeness (QED) is 0.904. The van der Waals surface area contributed by atoms with Crippen LogP contribution in [0, 0.1) is 0 Å². The molecule has 1 amide bonds. The van der Waals surface area contributed by atoms with E-state index in [1.165, 1.54) is 32.1 Å². The fourth-order valence-corrected chi connectivity index (χ4v) is 2.59. The summed E-state index contributed by atoms with van der Waals surface area (Å²) in [7, 11) is 0. The highest BCUT2D eigenvalue weighted by atomic mass is 16.2. The maximum Gasteiger partial charge on any atom is 0.241 e. The Hall–Kier alpha value is -1.35. The lowest BCUT2D eigenvalue weighted by Crippen LogP contribution is -2.43. The first-order chi connectivity index (χ1) is 9.27. The number of benzene rings is 1. The fourth-order valence-electron chi connectivity index (χ4n) is 2.59. The Balaban J connectivity index is 1.90. The van der Waals surface area contributed by atoms with E-state index in [9.17, 15) is 4.79 Å². The third-order valence-corrected chi connectivity index (χ3v) is 3.86. The number of rotatable bonds is 3. The molecule has 1 heterocycles. The first-order valence-corrected chi connectivity index (χ1v) is 7.37. The smallest absolute Gasteiger partial charge is 0.241 e. The van der Waals surface area contributed by atoms with Gasteiger partial charge >= 0.3 is 0 Å². The molecule has 1 aliphatic heterocycles. The van der Waals surface area contributed by atoms with E-state index >= 15 is 0 Å². The molecule has 1 N–H and O–H groups in total. The first-order valence-electron chi connectivity index (χ1n) is 7.37. The van der Waals surface area contributed by atoms with Gasteiger partial charge in [-0.1, -0.05) is 37.5 Å². The summed E-state index contributed by atoms with van der Waals surface area (Å²) in [6.45, 7) is 4.10. The van der Waals surface area contributed by atoms with Crippen molar-refractivity contribution in [3.8, 4) is 0 Å². The third-order valence-electron chi connectivity index (χ3n) is 3.86. The second-order valence-corrected chi connectivity index (χ2v) is 5.33. The van der Waals surface area contributed by atoms with E-state index < -0.39 is 0 Å². The number of nitrogens with zero attached hydrogens (tertiary/aromatic N) is 1. The minimum Gasteiger partial charge on any atom is -0.325 e. The van der Waals surface area contributed by atoms with Crippen molar-refractivity contribution in [3.63, 3.8) is 0 Å². The molecule has 1 aromatic rings. The van der Waals surface area contributed by atoms with Crippen molar-refractivity contribution in [2.24, 2.45) is 0 Å². The van der Waals surface area contributed by atoms with Gasteiger partial charge in [-0.05, 0) is 45.0 Å². The van der Waals surface area contributed by atoms with E-state index in [1.807, 2.05) is 37.3 Å². The zero-order chi connectivity index (χ0) is 13.5. The van der Waals surface area contributed by atoms with Crippen LogP contribution in [-0.2, 0) is 4.79 Å². The van der Waals surface area contributed by atoms with E-state index in [0.29, 0.717) is 0 Å². The standard InChI is InChI=1S/C16H24N2O/c1-14(18-12-8-3-2-4-9-13-18)16(19)17-15-10-6-5-7-11-15/h5-7,10-11,14H,2-4,8-9,12-13H2,1H3,(H,17,19)/t14-/m0/s1. The van der Waals surface area contributed by atoms with Crippen LogP contribution in [0.1, 0.15) is 39.0 Å². The number of hydrogen-bond acceptors (Lipinski definition) is 2. The Kier molecular flexibility index (Phi) is 5.40. The molecule has 1 aliphatic rings. The maximum absolute atomic E-state index is 12.3. The van der Waals surface area contributed by atoms with Crippen molar-refractivity contribution in [1.29, 1.82) is 0 Å². The Labute approximate surface area is 116 Å². The highest BCUT2D eigenvalue weighted by Gasteiger charge is 2.21. The number of likely N-dealkylation sites (tertiary alicyclic amines) is 1. The molecule has 0 unspecified atom stereocenters. The summed E-state index contributed by atoms with van der Waals surface area (Å²) in [5.41, 5.74) is 0.881. The monoisotopic (exact) mass is 260 g/mol. The van der Waals surface area contributed by atoms with Crippen molar-refractivity contribution >= 4 is 11.6 Å². The predicted molar refractivity (Wildman–Crippen MR) is 79.2 cm³/mol. The second kappa shape index (κ2) is 7.29. The molecule has 3 heteroatoms. The molecule has 0 bridgehead atoms. The topological polar surface area (TPSA) is 32.3 Å². The third kappa shape index (κ3) is 4.35. The average Bonchev–Trinajstić information content (AvgIpc) is 2.39. The van der Waals surface area contributed by atoms with Crippen LogP contribution in [0.4, 0.5) is 5.69 Å². The number of para-hydroxylation sites is 1. The maximum atomic E-state index is 12.3. The number of nitrogens with one attached hydrogen (secondary N) is 1. The minimum absolute atomic E-state index is 0.0432. The molecular weight excluding hydrogens is 236 g/mol. The van der Waals surface area contributed by atoms with E-state index in [1.54, 1.807) is 0 Å². The Morgan fingerprint density at radius 2 is 1.63 bits per heavy atom. The Bertz CT molecular complexity index is 383. The SMILES string of the molecule is C[C@@H](C(=O)Nc1ccccc1)N1CCCCCCC1. The minimum atomic E-state index is -0.0432. The van der Waals surface area contributed by atoms with Gasteiger partial charge in [0.2, 0.25) is 5.91 Å². The number of hydrogen-bond donors (Lipinski definition) is 1. The van der Waals surface area contributed by atoms with Gasteiger partial charge in [0, 0.05) is 5.69 Å². The molecule has 1 aromatic carbocycles. The summed E-state index contributed by atoms with van der Waals surface area (Å²) in [5, 5.41) is 2.99. The molecule has 2 rings (SSSR count). The molecule has 19 heavy (non-hydrogen) atoms. The number of carbonyl (C=O) groups excluding carboxylic acids is 1. The van der Waals surface area contributed by atoms with Gasteiger partial charge < -0.3 is 5.32 Å². The van der Waals surface area contributed by atoms with Crippen molar-refractivity contribution < 1.29 is 4.79 Å². The van der Waals surface area contributed by atoms with Gasteiger partial charge in [-0.3, -0.25) is 9.69 Å². The van der Waals surface area contributed by atoms with Gasteiger partial charge in [-0.25, -0.2) is 0 Å². The first kappa shape index (κ1) is 14.1. The molecule has 1 atom stereocenters. The fraction of sp³-hybridized carbons (Fsp3) is 0.562. The number of anilines is 1. The van der Waals surface area contributed by atoms with Crippen molar-refractivity contribution in [1.82, 2.24) is 4.90 Å². The summed E-state index contributed by atoms with van der Waals surface area (Å²) in [5.74, 6) is 0.103. The highest BCUT2D eigenvalue weighted by molar-refractivity contribution is 5.94. The van der Waals surface area contributed by atoms with Crippen LogP contribution in [-0.4, -0.2) is 29.9 Å².